The lowest BCUT2D eigenvalue weighted by atomic mass is 10.1. The molecule has 0 amide bonds. The highest BCUT2D eigenvalue weighted by atomic mass is 35.5. The Hall–Kier alpha value is -2.22. The van der Waals surface area contributed by atoms with Crippen molar-refractivity contribution in [2.24, 2.45) is 0 Å². The first kappa shape index (κ1) is 16.6. The molecule has 2 aromatic carbocycles. The Morgan fingerprint density at radius 2 is 1.92 bits per heavy atom. The summed E-state index contributed by atoms with van der Waals surface area (Å²) in [7, 11) is 0. The van der Waals surface area contributed by atoms with E-state index in [4.69, 9.17) is 16.9 Å². The number of ketones is 1. The second-order valence-corrected chi connectivity index (χ2v) is 6.81. The van der Waals surface area contributed by atoms with Gasteiger partial charge in [-0.3, -0.25) is 4.79 Å². The molecule has 3 nitrogen and oxygen atoms in total. The van der Waals surface area contributed by atoms with E-state index in [9.17, 15) is 4.79 Å². The molecule has 0 aliphatic carbocycles. The Bertz CT molecular complexity index is 909. The maximum absolute atomic E-state index is 12.7. The van der Waals surface area contributed by atoms with E-state index >= 15 is 0 Å². The number of aryl methyl sites for hydroxylation is 1. The molecule has 0 spiro atoms. The lowest BCUT2D eigenvalue weighted by Crippen LogP contribution is -2.02. The Kier molecular flexibility index (Phi) is 5.24. The van der Waals surface area contributed by atoms with Crippen LogP contribution in [0.2, 0.25) is 5.02 Å². The van der Waals surface area contributed by atoms with Crippen molar-refractivity contribution in [1.29, 1.82) is 5.26 Å². The molecule has 1 heterocycles. The fourth-order valence-electron chi connectivity index (χ4n) is 2.58. The quantitative estimate of drug-likeness (QED) is 0.452. The first-order valence-electron chi connectivity index (χ1n) is 7.55. The lowest BCUT2D eigenvalue weighted by Gasteiger charge is -2.01. The van der Waals surface area contributed by atoms with Crippen LogP contribution in [0, 0.1) is 11.3 Å². The molecular weight excluding hydrogens is 340 g/mol. The van der Waals surface area contributed by atoms with Gasteiger partial charge in [0.1, 0.15) is 0 Å². The van der Waals surface area contributed by atoms with Crippen LogP contribution in [0.4, 0.5) is 0 Å². The van der Waals surface area contributed by atoms with Crippen LogP contribution in [0.15, 0.2) is 59.6 Å². The lowest BCUT2D eigenvalue weighted by molar-refractivity contribution is 0.102. The van der Waals surface area contributed by atoms with Gasteiger partial charge in [0.2, 0.25) is 0 Å². The van der Waals surface area contributed by atoms with Gasteiger partial charge in [-0.25, -0.2) is 0 Å². The van der Waals surface area contributed by atoms with Crippen LogP contribution in [0.1, 0.15) is 16.8 Å². The summed E-state index contributed by atoms with van der Waals surface area (Å²) in [6.45, 7) is 0.592. The monoisotopic (exact) mass is 354 g/mol. The number of benzene rings is 2. The minimum Gasteiger partial charge on any atom is -0.346 e. The summed E-state index contributed by atoms with van der Waals surface area (Å²) in [5.74, 6) is 0.454. The number of aromatic nitrogens is 1. The average Bonchev–Trinajstić information content (AvgIpc) is 2.98. The third kappa shape index (κ3) is 3.64. The van der Waals surface area contributed by atoms with Crippen LogP contribution in [0.25, 0.3) is 10.9 Å². The highest BCUT2D eigenvalue weighted by Crippen LogP contribution is 2.26. The summed E-state index contributed by atoms with van der Waals surface area (Å²) in [5.41, 5.74) is 1.71. The molecule has 3 rings (SSSR count). The van der Waals surface area contributed by atoms with Gasteiger partial charge in [0, 0.05) is 39.1 Å². The van der Waals surface area contributed by atoms with E-state index in [0.717, 1.165) is 15.8 Å². The van der Waals surface area contributed by atoms with Gasteiger partial charge in [-0.05, 0) is 30.3 Å². The average molecular weight is 355 g/mol. The maximum atomic E-state index is 12.7. The molecule has 3 aromatic rings. The van der Waals surface area contributed by atoms with E-state index < -0.39 is 0 Å². The van der Waals surface area contributed by atoms with Crippen LogP contribution >= 0.6 is 23.4 Å². The fourth-order valence-corrected chi connectivity index (χ4v) is 3.49. The predicted octanol–water partition coefficient (Wildman–Crippen LogP) is 5.18. The van der Waals surface area contributed by atoms with E-state index in [2.05, 4.69) is 6.07 Å². The van der Waals surface area contributed by atoms with E-state index in [-0.39, 0.29) is 5.78 Å². The number of nitriles is 1. The number of nitrogens with zero attached hydrogens (tertiary/aromatic N) is 2. The third-order valence-electron chi connectivity index (χ3n) is 3.74. The van der Waals surface area contributed by atoms with E-state index in [1.54, 1.807) is 0 Å². The van der Waals surface area contributed by atoms with Crippen molar-refractivity contribution in [1.82, 2.24) is 4.57 Å². The van der Waals surface area contributed by atoms with Gasteiger partial charge in [-0.15, -0.1) is 11.8 Å². The van der Waals surface area contributed by atoms with Crippen molar-refractivity contribution in [3.05, 3.63) is 65.3 Å². The van der Waals surface area contributed by atoms with Gasteiger partial charge >= 0.3 is 0 Å². The highest BCUT2D eigenvalue weighted by Gasteiger charge is 2.15. The number of hydrogen-bond donors (Lipinski definition) is 0. The van der Waals surface area contributed by atoms with Crippen LogP contribution in [-0.2, 0) is 6.54 Å². The molecule has 0 N–H and O–H groups in total. The van der Waals surface area contributed by atoms with E-state index in [0.29, 0.717) is 29.3 Å². The second kappa shape index (κ2) is 7.57. The molecule has 24 heavy (non-hydrogen) atoms. The Labute approximate surface area is 149 Å². The molecule has 0 radical (unpaired) electrons. The van der Waals surface area contributed by atoms with Crippen LogP contribution in [0.5, 0.6) is 0 Å². The number of Topliss-reactive ketones (excluding diaryl/α,β-unsaturated/α-hetero) is 1. The van der Waals surface area contributed by atoms with Gasteiger partial charge in [0.15, 0.2) is 5.78 Å². The Morgan fingerprint density at radius 1 is 1.17 bits per heavy atom. The number of thioether (sulfide) groups is 1. The molecule has 0 aliphatic rings. The van der Waals surface area contributed by atoms with Gasteiger partial charge < -0.3 is 4.57 Å². The van der Waals surface area contributed by atoms with Crippen molar-refractivity contribution < 1.29 is 4.79 Å². The van der Waals surface area contributed by atoms with Gasteiger partial charge in [-0.2, -0.15) is 5.26 Å². The van der Waals surface area contributed by atoms with Gasteiger partial charge in [-0.1, -0.05) is 29.8 Å². The number of carbonyl (C=O) groups excluding carboxylic acids is 1. The van der Waals surface area contributed by atoms with Gasteiger partial charge in [0.05, 0.1) is 18.2 Å². The molecule has 1 aromatic heterocycles. The maximum Gasteiger partial charge on any atom is 0.175 e. The smallest absolute Gasteiger partial charge is 0.175 e. The Morgan fingerprint density at radius 3 is 2.67 bits per heavy atom. The van der Waals surface area contributed by atoms with Gasteiger partial charge in [0.25, 0.3) is 0 Å². The van der Waals surface area contributed by atoms with E-state index in [1.807, 2.05) is 59.3 Å². The molecule has 0 saturated carbocycles. The molecule has 0 atom stereocenters. The standard InChI is InChI=1S/C19H15ClN2OS/c20-14-6-8-15(9-7-14)24-13-19(23)17-12-22(11-3-10-21)18-5-2-1-4-16(17)18/h1-2,4-9,12H,3,11,13H2. The van der Waals surface area contributed by atoms with Crippen molar-refractivity contribution in [2.75, 3.05) is 5.75 Å². The van der Waals surface area contributed by atoms with Crippen molar-refractivity contribution in [3.8, 4) is 6.07 Å². The summed E-state index contributed by atoms with van der Waals surface area (Å²) < 4.78 is 1.98. The van der Waals surface area contributed by atoms with Crippen molar-refractivity contribution >= 4 is 40.0 Å². The number of carbonyl (C=O) groups is 1. The SMILES string of the molecule is N#CCCn1cc(C(=O)CSc2ccc(Cl)cc2)c2ccccc21. The van der Waals surface area contributed by atoms with Crippen LogP contribution < -0.4 is 0 Å². The highest BCUT2D eigenvalue weighted by molar-refractivity contribution is 8.00. The zero-order valence-corrected chi connectivity index (χ0v) is 14.5. The molecule has 0 saturated heterocycles. The minimum absolute atomic E-state index is 0.0851. The molecule has 0 aliphatic heterocycles. The zero-order valence-electron chi connectivity index (χ0n) is 12.9. The topological polar surface area (TPSA) is 45.8 Å². The minimum atomic E-state index is 0.0851. The van der Waals surface area contributed by atoms with Crippen molar-refractivity contribution in [3.63, 3.8) is 0 Å². The second-order valence-electron chi connectivity index (χ2n) is 5.33. The number of hydrogen-bond acceptors (Lipinski definition) is 3. The number of para-hydroxylation sites is 1. The largest absolute Gasteiger partial charge is 0.346 e. The normalized spacial score (nSPS) is 10.7. The number of fused-ring (bicyclic) bond motifs is 1. The van der Waals surface area contributed by atoms with Crippen LogP contribution in [-0.4, -0.2) is 16.1 Å². The molecule has 0 fully saturated rings. The molecule has 5 heteroatoms. The summed E-state index contributed by atoms with van der Waals surface area (Å²) in [5, 5.41) is 10.4. The zero-order chi connectivity index (χ0) is 16.9. The summed E-state index contributed by atoms with van der Waals surface area (Å²) >= 11 is 7.38. The van der Waals surface area contributed by atoms with Crippen LogP contribution in [0.3, 0.4) is 0 Å². The summed E-state index contributed by atoms with van der Waals surface area (Å²) in [4.78, 5) is 13.7. The number of rotatable bonds is 6. The first-order valence-corrected chi connectivity index (χ1v) is 8.92. The summed E-state index contributed by atoms with van der Waals surface area (Å²) in [6.07, 6.45) is 2.29. The predicted molar refractivity (Wildman–Crippen MR) is 98.7 cm³/mol. The third-order valence-corrected chi connectivity index (χ3v) is 5.00. The fraction of sp³-hybridized carbons (Fsp3) is 0.158. The Balaban J connectivity index is 1.81. The van der Waals surface area contributed by atoms with E-state index in [1.165, 1.54) is 11.8 Å². The molecular formula is C19H15ClN2OS. The summed E-state index contributed by atoms with van der Waals surface area (Å²) in [6, 6.07) is 17.4. The molecule has 0 unspecified atom stereocenters. The van der Waals surface area contributed by atoms with Crippen molar-refractivity contribution in [2.45, 2.75) is 17.9 Å². The first-order chi connectivity index (χ1) is 11.7. The molecule has 120 valence electrons. The number of halogens is 1. The molecule has 0 bridgehead atoms.